The third kappa shape index (κ3) is 3.61. The number of aryl methyl sites for hydroxylation is 1. The molecule has 3 rings (SSSR count). The van der Waals surface area contributed by atoms with Crippen molar-refractivity contribution in [3.63, 3.8) is 0 Å². The molecule has 1 aliphatic heterocycles. The molecule has 0 radical (unpaired) electrons. The largest absolute Gasteiger partial charge is 0.379 e. The van der Waals surface area contributed by atoms with Gasteiger partial charge in [-0.1, -0.05) is 17.3 Å². The molecule has 1 N–H and O–H groups in total. The first-order chi connectivity index (χ1) is 11.6. The molecule has 2 heterocycles. The minimum absolute atomic E-state index is 0.205. The van der Waals surface area contributed by atoms with Crippen molar-refractivity contribution in [2.24, 2.45) is 5.16 Å². The molecule has 1 aromatic carbocycles. The van der Waals surface area contributed by atoms with E-state index in [1.165, 1.54) is 12.1 Å². The summed E-state index contributed by atoms with van der Waals surface area (Å²) in [6, 6.07) is 7.85. The molecule has 0 unspecified atom stereocenters. The molecule has 126 valence electrons. The highest BCUT2D eigenvalue weighted by molar-refractivity contribution is 6.05. The van der Waals surface area contributed by atoms with Crippen LogP contribution in [0.15, 0.2) is 47.9 Å². The van der Waals surface area contributed by atoms with Crippen molar-refractivity contribution >= 4 is 11.6 Å². The molecule has 0 saturated heterocycles. The molecular weight excluding hydrogens is 311 g/mol. The molecule has 7 heteroatoms. The van der Waals surface area contributed by atoms with Gasteiger partial charge in [-0.15, -0.1) is 0 Å². The molecule has 0 bridgehead atoms. The predicted molar refractivity (Wildman–Crippen MR) is 86.9 cm³/mol. The van der Waals surface area contributed by atoms with Crippen LogP contribution in [0.1, 0.15) is 25.3 Å². The van der Waals surface area contributed by atoms with Gasteiger partial charge in [-0.3, -0.25) is 9.48 Å². The van der Waals surface area contributed by atoms with Crippen LogP contribution in [0.25, 0.3) is 0 Å². The van der Waals surface area contributed by atoms with E-state index in [0.717, 1.165) is 18.5 Å². The number of benzene rings is 1. The molecule has 1 aliphatic rings. The van der Waals surface area contributed by atoms with Crippen molar-refractivity contribution in [1.29, 1.82) is 0 Å². The highest BCUT2D eigenvalue weighted by Crippen LogP contribution is 2.26. The number of carbonyl (C=O) groups excluding carboxylic acids is 1. The third-order valence-corrected chi connectivity index (χ3v) is 3.93. The van der Waals surface area contributed by atoms with Gasteiger partial charge in [0, 0.05) is 31.9 Å². The second kappa shape index (κ2) is 6.82. The average Bonchev–Trinajstić information content (AvgIpc) is 3.22. The van der Waals surface area contributed by atoms with Crippen molar-refractivity contribution in [3.05, 3.63) is 54.1 Å². The number of rotatable bonds is 6. The molecular formula is C17H19FN4O2. The van der Waals surface area contributed by atoms with E-state index in [1.807, 2.05) is 16.9 Å². The number of hydrogen-bond donors (Lipinski definition) is 1. The molecule has 0 saturated carbocycles. The quantitative estimate of drug-likeness (QED) is 0.825. The highest BCUT2D eigenvalue weighted by Gasteiger charge is 2.41. The Morgan fingerprint density at radius 3 is 2.92 bits per heavy atom. The maximum absolute atomic E-state index is 13.0. The molecule has 1 atom stereocenters. The van der Waals surface area contributed by atoms with Crippen LogP contribution in [0.4, 0.5) is 4.39 Å². The summed E-state index contributed by atoms with van der Waals surface area (Å²) >= 11 is 0. The first kappa shape index (κ1) is 16.2. The lowest BCUT2D eigenvalue weighted by Crippen LogP contribution is -2.45. The minimum Gasteiger partial charge on any atom is -0.379 e. The Morgan fingerprint density at radius 1 is 1.42 bits per heavy atom. The number of carbonyl (C=O) groups is 1. The van der Waals surface area contributed by atoms with E-state index in [9.17, 15) is 9.18 Å². The Hall–Kier alpha value is -2.70. The van der Waals surface area contributed by atoms with Crippen LogP contribution >= 0.6 is 0 Å². The summed E-state index contributed by atoms with van der Waals surface area (Å²) in [5.41, 5.74) is 0.367. The number of oxime groups is 1. The number of nitrogens with zero attached hydrogens (tertiary/aromatic N) is 3. The number of nitrogens with one attached hydrogen (secondary N) is 1. The van der Waals surface area contributed by atoms with Gasteiger partial charge in [0.2, 0.25) is 5.60 Å². The maximum Gasteiger partial charge on any atom is 0.267 e. The predicted octanol–water partition coefficient (Wildman–Crippen LogP) is 2.11. The lowest BCUT2D eigenvalue weighted by molar-refractivity contribution is -0.141. The summed E-state index contributed by atoms with van der Waals surface area (Å²) in [7, 11) is 0. The van der Waals surface area contributed by atoms with Gasteiger partial charge in [0.1, 0.15) is 5.82 Å². The summed E-state index contributed by atoms with van der Waals surface area (Å²) in [5, 5.41) is 11.0. The summed E-state index contributed by atoms with van der Waals surface area (Å²) in [6.07, 6.45) is 4.73. The van der Waals surface area contributed by atoms with E-state index in [1.54, 1.807) is 25.3 Å². The van der Waals surface area contributed by atoms with Crippen molar-refractivity contribution in [2.75, 3.05) is 6.54 Å². The summed E-state index contributed by atoms with van der Waals surface area (Å²) in [4.78, 5) is 17.7. The van der Waals surface area contributed by atoms with E-state index in [2.05, 4.69) is 15.6 Å². The fourth-order valence-electron chi connectivity index (χ4n) is 2.52. The van der Waals surface area contributed by atoms with Gasteiger partial charge in [-0.2, -0.15) is 5.10 Å². The maximum atomic E-state index is 13.0. The fraction of sp³-hybridized carbons (Fsp3) is 0.353. The summed E-state index contributed by atoms with van der Waals surface area (Å²) in [6.45, 7) is 2.97. The van der Waals surface area contributed by atoms with Crippen LogP contribution in [0.5, 0.6) is 0 Å². The van der Waals surface area contributed by atoms with Gasteiger partial charge in [-0.05, 0) is 37.1 Å². The van der Waals surface area contributed by atoms with E-state index in [4.69, 9.17) is 4.84 Å². The van der Waals surface area contributed by atoms with Gasteiger partial charge < -0.3 is 10.2 Å². The van der Waals surface area contributed by atoms with Crippen LogP contribution in [-0.4, -0.2) is 33.5 Å². The summed E-state index contributed by atoms with van der Waals surface area (Å²) in [5.74, 6) is -0.514. The molecule has 1 aromatic heterocycles. The monoisotopic (exact) mass is 330 g/mol. The molecule has 0 fully saturated rings. The smallest absolute Gasteiger partial charge is 0.267 e. The van der Waals surface area contributed by atoms with E-state index in [0.29, 0.717) is 18.7 Å². The van der Waals surface area contributed by atoms with Crippen LogP contribution in [0, 0.1) is 5.82 Å². The Bertz CT molecular complexity index is 728. The number of aromatic nitrogens is 2. The van der Waals surface area contributed by atoms with Crippen LogP contribution in [0.3, 0.4) is 0 Å². The number of halogens is 1. The zero-order chi connectivity index (χ0) is 17.0. The van der Waals surface area contributed by atoms with Gasteiger partial charge in [-0.25, -0.2) is 4.39 Å². The van der Waals surface area contributed by atoms with Gasteiger partial charge >= 0.3 is 0 Å². The Labute approximate surface area is 139 Å². The van der Waals surface area contributed by atoms with Gasteiger partial charge in [0.25, 0.3) is 5.91 Å². The van der Waals surface area contributed by atoms with Crippen LogP contribution in [-0.2, 0) is 16.2 Å². The molecule has 6 nitrogen and oxygen atoms in total. The van der Waals surface area contributed by atoms with Gasteiger partial charge in [0.05, 0.1) is 5.71 Å². The molecule has 1 amide bonds. The van der Waals surface area contributed by atoms with Crippen molar-refractivity contribution in [3.8, 4) is 0 Å². The number of hydrogen-bond acceptors (Lipinski definition) is 4. The fourth-order valence-corrected chi connectivity index (χ4v) is 2.52. The number of amides is 1. The zero-order valence-electron chi connectivity index (χ0n) is 13.4. The summed E-state index contributed by atoms with van der Waals surface area (Å²) < 4.78 is 14.8. The minimum atomic E-state index is -1.03. The third-order valence-electron chi connectivity index (χ3n) is 3.93. The van der Waals surface area contributed by atoms with E-state index >= 15 is 0 Å². The van der Waals surface area contributed by atoms with E-state index < -0.39 is 5.60 Å². The Balaban J connectivity index is 1.49. The zero-order valence-corrected chi connectivity index (χ0v) is 13.4. The van der Waals surface area contributed by atoms with Crippen molar-refractivity contribution in [2.45, 2.75) is 31.9 Å². The Morgan fingerprint density at radius 2 is 2.21 bits per heavy atom. The first-order valence-electron chi connectivity index (χ1n) is 7.83. The second-order valence-corrected chi connectivity index (χ2v) is 5.92. The lowest BCUT2D eigenvalue weighted by Gasteiger charge is -2.20. The van der Waals surface area contributed by atoms with Gasteiger partial charge in [0.15, 0.2) is 0 Å². The average molecular weight is 330 g/mol. The van der Waals surface area contributed by atoms with E-state index in [-0.39, 0.29) is 11.7 Å². The highest BCUT2D eigenvalue weighted by atomic mass is 19.1. The first-order valence-corrected chi connectivity index (χ1v) is 7.83. The topological polar surface area (TPSA) is 68.5 Å². The van der Waals surface area contributed by atoms with Crippen molar-refractivity contribution < 1.29 is 14.0 Å². The Kier molecular flexibility index (Phi) is 4.59. The molecule has 2 aromatic rings. The SMILES string of the molecule is C[C@]1(C(=O)NCCCn2cccn2)CC(c2ccc(F)cc2)=NO1. The van der Waals surface area contributed by atoms with Crippen LogP contribution < -0.4 is 5.32 Å². The molecule has 0 aliphatic carbocycles. The lowest BCUT2D eigenvalue weighted by atomic mass is 9.95. The van der Waals surface area contributed by atoms with Crippen LogP contribution in [0.2, 0.25) is 0 Å². The normalized spacial score (nSPS) is 19.7. The standard InChI is InChI=1S/C17H19FN4O2/c1-17(16(23)19-8-2-10-22-11-3-9-20-22)12-15(21-24-17)13-4-6-14(18)7-5-13/h3-7,9,11H,2,8,10,12H2,1H3,(H,19,23)/t17-/m1/s1. The molecule has 0 spiro atoms. The second-order valence-electron chi connectivity index (χ2n) is 5.92. The molecule has 24 heavy (non-hydrogen) atoms. The van der Waals surface area contributed by atoms with Crippen molar-refractivity contribution in [1.82, 2.24) is 15.1 Å².